The van der Waals surface area contributed by atoms with Crippen LogP contribution < -0.4 is 4.83 Å². The third-order valence-corrected chi connectivity index (χ3v) is 8.49. The molecule has 3 aromatic carbocycles. The third kappa shape index (κ3) is 5.42. The maximum atomic E-state index is 13.1. The van der Waals surface area contributed by atoms with E-state index in [4.69, 9.17) is 0 Å². The van der Waals surface area contributed by atoms with Crippen LogP contribution in [0.25, 0.3) is 0 Å². The molecule has 192 valence electrons. The van der Waals surface area contributed by atoms with Gasteiger partial charge < -0.3 is 0 Å². The molecule has 8 nitrogen and oxygen atoms in total. The summed E-state index contributed by atoms with van der Waals surface area (Å²) in [5.74, 6) is 0. The second-order valence-electron chi connectivity index (χ2n) is 9.75. The van der Waals surface area contributed by atoms with Gasteiger partial charge in [-0.15, -0.1) is 0 Å². The molecule has 1 N–H and O–H groups in total. The van der Waals surface area contributed by atoms with Gasteiger partial charge in [-0.1, -0.05) is 67.3 Å². The van der Waals surface area contributed by atoms with Gasteiger partial charge in [0, 0.05) is 18.2 Å². The van der Waals surface area contributed by atoms with Gasteiger partial charge in [0.2, 0.25) is 0 Å². The lowest BCUT2D eigenvalue weighted by atomic mass is 9.95. The van der Waals surface area contributed by atoms with Crippen molar-refractivity contribution in [3.05, 3.63) is 106 Å². The molecule has 0 radical (unpaired) electrons. The van der Waals surface area contributed by atoms with Crippen LogP contribution in [0, 0.1) is 17.0 Å². The molecular weight excluding hydrogens is 488 g/mol. The summed E-state index contributed by atoms with van der Waals surface area (Å²) in [4.78, 5) is 15.8. The van der Waals surface area contributed by atoms with Gasteiger partial charge in [0.05, 0.1) is 27.6 Å². The number of benzene rings is 3. The molecule has 37 heavy (non-hydrogen) atoms. The summed E-state index contributed by atoms with van der Waals surface area (Å²) in [5, 5.41) is 15.7. The van der Waals surface area contributed by atoms with Crippen molar-refractivity contribution < 1.29 is 13.3 Å². The highest BCUT2D eigenvalue weighted by molar-refractivity contribution is 7.89. The summed E-state index contributed by atoms with van der Waals surface area (Å²) in [6.07, 6.45) is 5.73. The molecule has 1 saturated heterocycles. The molecule has 0 amide bonds. The molecule has 5 rings (SSSR count). The first kappa shape index (κ1) is 25.1. The van der Waals surface area contributed by atoms with Crippen LogP contribution in [0.4, 0.5) is 5.69 Å². The van der Waals surface area contributed by atoms with Gasteiger partial charge in [0.25, 0.3) is 15.7 Å². The van der Waals surface area contributed by atoms with Gasteiger partial charge in [-0.05, 0) is 55.2 Å². The smallest absolute Gasteiger partial charge is 0.276 e. The Morgan fingerprint density at radius 3 is 2.22 bits per heavy atom. The molecule has 0 aromatic heterocycles. The molecule has 0 spiro atoms. The van der Waals surface area contributed by atoms with Crippen LogP contribution >= 0.6 is 0 Å². The van der Waals surface area contributed by atoms with Crippen LogP contribution in [-0.4, -0.2) is 36.0 Å². The van der Waals surface area contributed by atoms with Gasteiger partial charge in [-0.25, -0.2) is 0 Å². The first-order chi connectivity index (χ1) is 17.8. The Bertz CT molecular complexity index is 1380. The lowest BCUT2D eigenvalue weighted by Crippen LogP contribution is -2.28. The number of sulfonamides is 1. The van der Waals surface area contributed by atoms with Crippen LogP contribution in [0.2, 0.25) is 0 Å². The average Bonchev–Trinajstić information content (AvgIpc) is 3.65. The first-order valence-electron chi connectivity index (χ1n) is 12.6. The Morgan fingerprint density at radius 1 is 0.946 bits per heavy atom. The molecule has 2 aliphatic rings. The summed E-state index contributed by atoms with van der Waals surface area (Å²) >= 11 is 0. The summed E-state index contributed by atoms with van der Waals surface area (Å²) in [6.45, 7) is 1.89. The van der Waals surface area contributed by atoms with E-state index in [2.05, 4.69) is 27.0 Å². The van der Waals surface area contributed by atoms with E-state index >= 15 is 0 Å². The molecule has 3 atom stereocenters. The number of nitrogens with one attached hydrogen (secondary N) is 1. The second-order valence-corrected chi connectivity index (χ2v) is 11.4. The summed E-state index contributed by atoms with van der Waals surface area (Å²) in [6, 6.07) is 23.2. The maximum absolute atomic E-state index is 13.1. The van der Waals surface area contributed by atoms with Gasteiger partial charge in [0.15, 0.2) is 0 Å². The van der Waals surface area contributed by atoms with Crippen LogP contribution in [-0.2, 0) is 10.0 Å². The van der Waals surface area contributed by atoms with Crippen LogP contribution in [0.15, 0.2) is 88.9 Å². The van der Waals surface area contributed by atoms with E-state index in [0.29, 0.717) is 17.3 Å². The van der Waals surface area contributed by atoms with Gasteiger partial charge in [0.1, 0.15) is 0 Å². The molecule has 0 bridgehead atoms. The quantitative estimate of drug-likeness (QED) is 0.187. The number of nitrogens with zero attached hydrogens (tertiary/aromatic N) is 3. The monoisotopic (exact) mass is 518 g/mol. The first-order valence-corrected chi connectivity index (χ1v) is 14.1. The fourth-order valence-electron chi connectivity index (χ4n) is 5.31. The largest absolute Gasteiger partial charge is 0.281 e. The zero-order chi connectivity index (χ0) is 26.0. The second kappa shape index (κ2) is 10.4. The zero-order valence-electron chi connectivity index (χ0n) is 20.7. The SMILES string of the molecule is Cc1ccc(S(=O)(=O)N/N=C(\c2ccc([N+](=O)[O-])cc2)[C@@H]2[C@H](c3ccccc3)N2C2CCCCC2)cc1. The number of hydrazone groups is 1. The zero-order valence-corrected chi connectivity index (χ0v) is 21.5. The van der Waals surface area contributed by atoms with Gasteiger partial charge in [-0.3, -0.25) is 15.0 Å². The number of hydrogen-bond donors (Lipinski definition) is 1. The van der Waals surface area contributed by atoms with E-state index in [0.717, 1.165) is 24.0 Å². The van der Waals surface area contributed by atoms with E-state index < -0.39 is 14.9 Å². The van der Waals surface area contributed by atoms with Crippen molar-refractivity contribution in [1.82, 2.24) is 9.73 Å². The van der Waals surface area contributed by atoms with Gasteiger partial charge in [-0.2, -0.15) is 18.4 Å². The minimum Gasteiger partial charge on any atom is -0.281 e. The van der Waals surface area contributed by atoms with Gasteiger partial charge >= 0.3 is 0 Å². The summed E-state index contributed by atoms with van der Waals surface area (Å²) in [5.41, 5.74) is 3.30. The predicted octanol–water partition coefficient (Wildman–Crippen LogP) is 5.34. The predicted molar refractivity (Wildman–Crippen MR) is 143 cm³/mol. The van der Waals surface area contributed by atoms with E-state index in [1.54, 1.807) is 36.4 Å². The Morgan fingerprint density at radius 2 is 1.59 bits per heavy atom. The van der Waals surface area contributed by atoms with E-state index in [-0.39, 0.29) is 22.7 Å². The van der Waals surface area contributed by atoms with E-state index in [1.165, 1.54) is 31.4 Å². The van der Waals surface area contributed by atoms with Crippen molar-refractivity contribution in [2.45, 2.75) is 62.0 Å². The van der Waals surface area contributed by atoms with Crippen LogP contribution in [0.5, 0.6) is 0 Å². The van der Waals surface area contributed by atoms with Crippen molar-refractivity contribution >= 4 is 21.4 Å². The highest BCUT2D eigenvalue weighted by Gasteiger charge is 2.55. The number of nitro groups is 1. The highest BCUT2D eigenvalue weighted by Crippen LogP contribution is 2.49. The Balaban J connectivity index is 1.54. The number of aryl methyl sites for hydroxylation is 1. The molecule has 9 heteroatoms. The topological polar surface area (TPSA) is 105 Å². The van der Waals surface area contributed by atoms with E-state index in [9.17, 15) is 18.5 Å². The van der Waals surface area contributed by atoms with Crippen LogP contribution in [0.3, 0.4) is 0 Å². The third-order valence-electron chi connectivity index (χ3n) is 7.26. The maximum Gasteiger partial charge on any atom is 0.276 e. The van der Waals surface area contributed by atoms with Crippen LogP contribution in [0.1, 0.15) is 54.8 Å². The van der Waals surface area contributed by atoms with Crippen molar-refractivity contribution in [1.29, 1.82) is 0 Å². The minimum absolute atomic E-state index is 0.0251. The van der Waals surface area contributed by atoms with Crippen molar-refractivity contribution in [2.75, 3.05) is 0 Å². The minimum atomic E-state index is -3.90. The highest BCUT2D eigenvalue weighted by atomic mass is 32.2. The number of rotatable bonds is 8. The molecule has 3 aromatic rings. The standard InChI is InChI=1S/C28H30N4O4S/c1-20-12-18-25(19-13-20)37(35,36)30-29-26(21-14-16-24(17-15-21)32(33)34)28-27(22-8-4-2-5-9-22)31(28)23-10-6-3-7-11-23/h2,4-5,8-9,12-19,23,27-28,30H,3,6-7,10-11H2,1H3/b29-26+/t27-,28+,31?/m0/s1. The molecule has 1 aliphatic heterocycles. The Hall–Kier alpha value is -3.56. The van der Waals surface area contributed by atoms with Crippen molar-refractivity contribution in [3.63, 3.8) is 0 Å². The summed E-state index contributed by atoms with van der Waals surface area (Å²) in [7, 11) is -3.90. The fourth-order valence-corrected chi connectivity index (χ4v) is 6.13. The number of nitro benzene ring substituents is 1. The summed E-state index contributed by atoms with van der Waals surface area (Å²) < 4.78 is 26.2. The number of hydrogen-bond acceptors (Lipinski definition) is 6. The van der Waals surface area contributed by atoms with E-state index in [1.807, 2.05) is 25.1 Å². The Labute approximate surface area is 217 Å². The number of non-ortho nitro benzene ring substituents is 1. The lowest BCUT2D eigenvalue weighted by molar-refractivity contribution is -0.384. The normalized spacial score (nSPS) is 22.4. The Kier molecular flexibility index (Phi) is 7.08. The molecular formula is C28H30N4O4S. The van der Waals surface area contributed by atoms with Crippen molar-refractivity contribution in [2.24, 2.45) is 5.10 Å². The molecule has 1 saturated carbocycles. The molecule has 1 unspecified atom stereocenters. The fraction of sp³-hybridized carbons (Fsp3) is 0.321. The molecule has 1 aliphatic carbocycles. The molecule has 1 heterocycles. The lowest BCUT2D eigenvalue weighted by Gasteiger charge is -2.24. The van der Waals surface area contributed by atoms with Crippen molar-refractivity contribution in [3.8, 4) is 0 Å². The molecule has 2 fully saturated rings. The average molecular weight is 519 g/mol.